The summed E-state index contributed by atoms with van der Waals surface area (Å²) >= 11 is 0. The van der Waals surface area contributed by atoms with Crippen LogP contribution in [0.4, 0.5) is 10.5 Å². The number of hydrazine groups is 1. The molecular formula is C17H23N5O2. The molecule has 1 heterocycles. The van der Waals surface area contributed by atoms with Crippen LogP contribution in [0.2, 0.25) is 0 Å². The van der Waals surface area contributed by atoms with Gasteiger partial charge in [0.1, 0.15) is 0 Å². The van der Waals surface area contributed by atoms with E-state index in [2.05, 4.69) is 5.32 Å². The number of nitrogens with two attached hydrogens (primary N) is 1. The van der Waals surface area contributed by atoms with Gasteiger partial charge in [0.25, 0.3) is 5.91 Å². The minimum Gasteiger partial charge on any atom is -0.320 e. The van der Waals surface area contributed by atoms with Crippen LogP contribution >= 0.6 is 0 Å². The Hall–Kier alpha value is -2.59. The molecule has 1 saturated heterocycles. The number of anilines is 1. The van der Waals surface area contributed by atoms with E-state index in [1.807, 2.05) is 19.9 Å². The average Bonchev–Trinajstić information content (AvgIpc) is 3.10. The van der Waals surface area contributed by atoms with Crippen LogP contribution in [-0.4, -0.2) is 41.1 Å². The normalized spacial score (nSPS) is 16.4. The van der Waals surface area contributed by atoms with Gasteiger partial charge in [-0.2, -0.15) is 5.26 Å². The van der Waals surface area contributed by atoms with Gasteiger partial charge in [0.15, 0.2) is 0 Å². The first-order valence-corrected chi connectivity index (χ1v) is 8.13. The minimum atomic E-state index is -0.613. The van der Waals surface area contributed by atoms with Crippen molar-refractivity contribution in [2.24, 2.45) is 11.7 Å². The number of rotatable bonds is 4. The summed E-state index contributed by atoms with van der Waals surface area (Å²) in [6.07, 6.45) is 1.53. The van der Waals surface area contributed by atoms with Crippen molar-refractivity contribution in [3.63, 3.8) is 0 Å². The summed E-state index contributed by atoms with van der Waals surface area (Å²) in [7, 11) is 0. The van der Waals surface area contributed by atoms with E-state index in [0.717, 1.165) is 12.8 Å². The molecule has 0 radical (unpaired) electrons. The van der Waals surface area contributed by atoms with Crippen molar-refractivity contribution in [2.75, 3.05) is 18.4 Å². The Kier molecular flexibility index (Phi) is 5.77. The lowest BCUT2D eigenvalue weighted by Gasteiger charge is -2.31. The van der Waals surface area contributed by atoms with Crippen molar-refractivity contribution < 1.29 is 9.59 Å². The first-order chi connectivity index (χ1) is 11.5. The number of carbonyl (C=O) groups excluding carboxylic acids is 2. The van der Waals surface area contributed by atoms with Crippen LogP contribution in [0.3, 0.4) is 0 Å². The lowest BCUT2D eigenvalue weighted by molar-refractivity contribution is -0.142. The van der Waals surface area contributed by atoms with Gasteiger partial charge in [-0.1, -0.05) is 20.3 Å². The Morgan fingerprint density at radius 2 is 1.92 bits per heavy atom. The smallest absolute Gasteiger partial charge is 0.320 e. The standard InChI is InChI=1S/C17H23N5O2/c1-3-12(2)15(19)16(23)21-9-4-10-22(21)17(24)20-14-7-5-13(11-18)6-8-14/h5-8,12,15H,3-4,9-10,19H2,1-2H3,(H,20,24)/t12?,15-/m0/s1. The highest BCUT2D eigenvalue weighted by atomic mass is 16.2. The first kappa shape index (κ1) is 17.8. The molecule has 0 aromatic heterocycles. The predicted octanol–water partition coefficient (Wildman–Crippen LogP) is 1.91. The zero-order chi connectivity index (χ0) is 17.7. The predicted molar refractivity (Wildman–Crippen MR) is 90.6 cm³/mol. The van der Waals surface area contributed by atoms with E-state index < -0.39 is 6.04 Å². The number of nitriles is 1. The van der Waals surface area contributed by atoms with Crippen LogP contribution in [-0.2, 0) is 4.79 Å². The molecule has 24 heavy (non-hydrogen) atoms. The van der Waals surface area contributed by atoms with Gasteiger partial charge in [-0.15, -0.1) is 0 Å². The number of nitrogens with zero attached hydrogens (tertiary/aromatic N) is 3. The number of hydrogen-bond donors (Lipinski definition) is 2. The zero-order valence-electron chi connectivity index (χ0n) is 14.0. The SMILES string of the molecule is CCC(C)[C@H](N)C(=O)N1CCCN1C(=O)Nc1ccc(C#N)cc1. The van der Waals surface area contributed by atoms with Gasteiger partial charge < -0.3 is 11.1 Å². The molecule has 0 aliphatic carbocycles. The van der Waals surface area contributed by atoms with E-state index in [4.69, 9.17) is 11.0 Å². The fraction of sp³-hybridized carbons (Fsp3) is 0.471. The molecule has 0 saturated carbocycles. The Morgan fingerprint density at radius 3 is 2.50 bits per heavy atom. The Morgan fingerprint density at radius 1 is 1.29 bits per heavy atom. The Bertz CT molecular complexity index is 637. The second-order valence-corrected chi connectivity index (χ2v) is 5.97. The molecule has 2 atom stereocenters. The summed E-state index contributed by atoms with van der Waals surface area (Å²) in [5.41, 5.74) is 7.11. The fourth-order valence-electron chi connectivity index (χ4n) is 2.54. The highest BCUT2D eigenvalue weighted by Crippen LogP contribution is 2.18. The topological polar surface area (TPSA) is 102 Å². The molecule has 1 unspecified atom stereocenters. The van der Waals surface area contributed by atoms with Crippen molar-refractivity contribution in [2.45, 2.75) is 32.7 Å². The zero-order valence-corrected chi connectivity index (χ0v) is 14.0. The minimum absolute atomic E-state index is 0.0570. The van der Waals surface area contributed by atoms with Crippen molar-refractivity contribution >= 4 is 17.6 Å². The largest absolute Gasteiger partial charge is 0.340 e. The van der Waals surface area contributed by atoms with Crippen LogP contribution in [0, 0.1) is 17.2 Å². The molecule has 7 nitrogen and oxygen atoms in total. The molecule has 1 aliphatic rings. The molecular weight excluding hydrogens is 306 g/mol. The summed E-state index contributed by atoms with van der Waals surface area (Å²) in [6.45, 7) is 4.88. The molecule has 0 bridgehead atoms. The summed E-state index contributed by atoms with van der Waals surface area (Å²) in [6, 6.07) is 7.60. The lowest BCUT2D eigenvalue weighted by Crippen LogP contribution is -2.53. The van der Waals surface area contributed by atoms with Crippen molar-refractivity contribution in [3.05, 3.63) is 29.8 Å². The third-order valence-electron chi connectivity index (χ3n) is 4.33. The summed E-state index contributed by atoms with van der Waals surface area (Å²) < 4.78 is 0. The molecule has 3 N–H and O–H groups in total. The molecule has 7 heteroatoms. The molecule has 1 fully saturated rings. The quantitative estimate of drug-likeness (QED) is 0.880. The molecule has 1 aromatic carbocycles. The molecule has 1 aliphatic heterocycles. The molecule has 2 rings (SSSR count). The third kappa shape index (κ3) is 3.84. The summed E-state index contributed by atoms with van der Waals surface area (Å²) in [4.78, 5) is 25.0. The van der Waals surface area contributed by atoms with Gasteiger partial charge >= 0.3 is 6.03 Å². The van der Waals surface area contributed by atoms with Gasteiger partial charge in [-0.05, 0) is 36.6 Å². The summed E-state index contributed by atoms with van der Waals surface area (Å²) in [5.74, 6) is -0.168. The van der Waals surface area contributed by atoms with Gasteiger partial charge in [-0.25, -0.2) is 14.8 Å². The third-order valence-corrected chi connectivity index (χ3v) is 4.33. The van der Waals surface area contributed by atoms with Crippen molar-refractivity contribution in [3.8, 4) is 6.07 Å². The van der Waals surface area contributed by atoms with Crippen LogP contribution in [0.5, 0.6) is 0 Å². The van der Waals surface area contributed by atoms with Gasteiger partial charge in [0.05, 0.1) is 17.7 Å². The fourth-order valence-corrected chi connectivity index (χ4v) is 2.54. The first-order valence-electron chi connectivity index (χ1n) is 8.13. The molecule has 3 amide bonds. The monoisotopic (exact) mass is 329 g/mol. The maximum absolute atomic E-state index is 12.5. The van der Waals surface area contributed by atoms with Crippen molar-refractivity contribution in [1.29, 1.82) is 5.26 Å². The van der Waals surface area contributed by atoms with Crippen LogP contribution in [0.1, 0.15) is 32.3 Å². The second kappa shape index (κ2) is 7.79. The Balaban J connectivity index is 2.04. The van der Waals surface area contributed by atoms with Crippen LogP contribution < -0.4 is 11.1 Å². The van der Waals surface area contributed by atoms with Gasteiger partial charge in [0, 0.05) is 18.8 Å². The second-order valence-electron chi connectivity index (χ2n) is 5.97. The van der Waals surface area contributed by atoms with E-state index in [-0.39, 0.29) is 17.9 Å². The number of carbonyl (C=O) groups is 2. The number of urea groups is 1. The average molecular weight is 329 g/mol. The summed E-state index contributed by atoms with van der Waals surface area (Å²) in [5, 5.41) is 14.4. The molecule has 1 aromatic rings. The number of nitrogens with one attached hydrogen (secondary N) is 1. The van der Waals surface area contributed by atoms with E-state index >= 15 is 0 Å². The number of amides is 3. The molecule has 0 spiro atoms. The lowest BCUT2D eigenvalue weighted by atomic mass is 9.99. The van der Waals surface area contributed by atoms with Crippen molar-refractivity contribution in [1.82, 2.24) is 10.0 Å². The maximum Gasteiger partial charge on any atom is 0.340 e. The van der Waals surface area contributed by atoms with E-state index in [9.17, 15) is 9.59 Å². The van der Waals surface area contributed by atoms with Gasteiger partial charge in [0.2, 0.25) is 0 Å². The van der Waals surface area contributed by atoms with Crippen LogP contribution in [0.25, 0.3) is 0 Å². The van der Waals surface area contributed by atoms with Crippen LogP contribution in [0.15, 0.2) is 24.3 Å². The Labute approximate surface area is 142 Å². The maximum atomic E-state index is 12.5. The highest BCUT2D eigenvalue weighted by Gasteiger charge is 2.34. The highest BCUT2D eigenvalue weighted by molar-refractivity contribution is 5.92. The van der Waals surface area contributed by atoms with E-state index in [0.29, 0.717) is 24.3 Å². The van der Waals surface area contributed by atoms with Gasteiger partial charge in [-0.3, -0.25) is 4.79 Å². The molecule has 128 valence electrons. The van der Waals surface area contributed by atoms with E-state index in [1.54, 1.807) is 24.3 Å². The number of hydrogen-bond acceptors (Lipinski definition) is 4. The van der Waals surface area contributed by atoms with E-state index in [1.165, 1.54) is 10.0 Å². The number of benzene rings is 1.